The minimum atomic E-state index is -0.344. The van der Waals surface area contributed by atoms with Gasteiger partial charge < -0.3 is 9.47 Å². The predicted octanol–water partition coefficient (Wildman–Crippen LogP) is 2.97. The molecule has 2 aromatic carbocycles. The Bertz CT molecular complexity index is 894. The van der Waals surface area contributed by atoms with Crippen molar-refractivity contribution in [3.63, 3.8) is 0 Å². The maximum absolute atomic E-state index is 14.4. The number of pyridine rings is 1. The van der Waals surface area contributed by atoms with Crippen molar-refractivity contribution in [1.29, 1.82) is 0 Å². The van der Waals surface area contributed by atoms with Crippen LogP contribution in [0.3, 0.4) is 0 Å². The number of hydrogen-bond donors (Lipinski definition) is 1. The first-order valence-electron chi connectivity index (χ1n) is 7.18. The Labute approximate surface area is 133 Å². The lowest BCUT2D eigenvalue weighted by Gasteiger charge is -2.13. The van der Waals surface area contributed by atoms with Crippen molar-refractivity contribution >= 4 is 10.8 Å². The van der Waals surface area contributed by atoms with Crippen LogP contribution in [0.25, 0.3) is 22.0 Å². The third kappa shape index (κ3) is 2.34. The quantitative estimate of drug-likeness (QED) is 0.597. The first-order chi connectivity index (χ1) is 11.1. The van der Waals surface area contributed by atoms with Crippen molar-refractivity contribution in [2.24, 2.45) is 0 Å². The van der Waals surface area contributed by atoms with Crippen LogP contribution in [0, 0.1) is 12.7 Å². The fourth-order valence-corrected chi connectivity index (χ4v) is 2.82. The number of hydrogen-bond acceptors (Lipinski definition) is 3. The highest BCUT2D eigenvalue weighted by Gasteiger charge is 2.26. The molecule has 0 aliphatic heterocycles. The van der Waals surface area contributed by atoms with Crippen LogP contribution in [0.1, 0.15) is 5.69 Å². The molecule has 0 bridgehead atoms. The summed E-state index contributed by atoms with van der Waals surface area (Å²) >= 11 is 0. The van der Waals surface area contributed by atoms with Crippen LogP contribution in [0.5, 0.6) is 11.5 Å². The molecule has 5 heteroatoms. The number of aryl methyl sites for hydroxylation is 1. The summed E-state index contributed by atoms with van der Waals surface area (Å²) in [4.78, 5) is 0. The van der Waals surface area contributed by atoms with Crippen LogP contribution in [-0.4, -0.2) is 14.2 Å². The number of nitrogens with zero attached hydrogens (tertiary/aromatic N) is 1. The van der Waals surface area contributed by atoms with E-state index in [1.54, 1.807) is 32.4 Å². The first kappa shape index (κ1) is 15.1. The first-order valence-corrected chi connectivity index (χ1v) is 7.18. The van der Waals surface area contributed by atoms with E-state index in [9.17, 15) is 4.39 Å². The average Bonchev–Trinajstić information content (AvgIpc) is 2.56. The number of nitrogen functional groups attached to an aromatic ring is 1. The summed E-state index contributed by atoms with van der Waals surface area (Å²) in [5.74, 6) is 6.98. The summed E-state index contributed by atoms with van der Waals surface area (Å²) in [6.07, 6.45) is 0. The summed E-state index contributed by atoms with van der Waals surface area (Å²) in [5.41, 5.74) is 1.77. The van der Waals surface area contributed by atoms with E-state index in [1.807, 2.05) is 25.1 Å². The largest absolute Gasteiger partial charge is 0.493 e. The molecule has 3 rings (SSSR count). The number of ether oxygens (including phenoxy) is 2. The molecule has 0 saturated heterocycles. The number of benzene rings is 2. The molecule has 23 heavy (non-hydrogen) atoms. The van der Waals surface area contributed by atoms with E-state index in [2.05, 4.69) is 0 Å². The van der Waals surface area contributed by atoms with E-state index >= 15 is 0 Å². The Morgan fingerprint density at radius 1 is 1.04 bits per heavy atom. The Balaban J connectivity index is 2.53. The third-order valence-corrected chi connectivity index (χ3v) is 3.93. The molecular formula is C18H18FN2O2+. The summed E-state index contributed by atoms with van der Waals surface area (Å²) in [5, 5.41) is 1.62. The van der Waals surface area contributed by atoms with Crippen molar-refractivity contribution in [2.45, 2.75) is 6.92 Å². The van der Waals surface area contributed by atoms with E-state index in [0.717, 1.165) is 11.1 Å². The maximum atomic E-state index is 14.4. The SMILES string of the molecule is COc1ccc2cc(C)[n+](N)c(-c3ccccc3F)c2c1OC. The molecule has 3 aromatic rings. The molecule has 1 heterocycles. The summed E-state index contributed by atoms with van der Waals surface area (Å²) < 4.78 is 26.8. The molecule has 0 atom stereocenters. The highest BCUT2D eigenvalue weighted by atomic mass is 19.1. The Morgan fingerprint density at radius 3 is 2.43 bits per heavy atom. The van der Waals surface area contributed by atoms with Crippen LogP contribution in [0.15, 0.2) is 42.5 Å². The maximum Gasteiger partial charge on any atom is 0.256 e. The fraction of sp³-hybridized carbons (Fsp3) is 0.167. The number of nitrogens with two attached hydrogens (primary N) is 1. The number of rotatable bonds is 3. The van der Waals surface area contributed by atoms with Crippen molar-refractivity contribution in [2.75, 3.05) is 20.1 Å². The van der Waals surface area contributed by atoms with Gasteiger partial charge in [0.1, 0.15) is 11.2 Å². The van der Waals surface area contributed by atoms with Gasteiger partial charge in [-0.15, -0.1) is 0 Å². The average molecular weight is 313 g/mol. The summed E-state index contributed by atoms with van der Waals surface area (Å²) in [6, 6.07) is 12.2. The Kier molecular flexibility index (Phi) is 3.78. The highest BCUT2D eigenvalue weighted by Crippen LogP contribution is 2.40. The monoisotopic (exact) mass is 313 g/mol. The van der Waals surface area contributed by atoms with E-state index < -0.39 is 0 Å². The smallest absolute Gasteiger partial charge is 0.256 e. The van der Waals surface area contributed by atoms with Gasteiger partial charge >= 0.3 is 0 Å². The van der Waals surface area contributed by atoms with E-state index in [0.29, 0.717) is 28.1 Å². The van der Waals surface area contributed by atoms with Crippen LogP contribution >= 0.6 is 0 Å². The van der Waals surface area contributed by atoms with Gasteiger partial charge in [-0.3, -0.25) is 0 Å². The Hall–Kier alpha value is -2.82. The van der Waals surface area contributed by atoms with Gasteiger partial charge in [0.2, 0.25) is 5.69 Å². The molecule has 0 fully saturated rings. The number of halogens is 1. The Morgan fingerprint density at radius 2 is 1.78 bits per heavy atom. The zero-order chi connectivity index (χ0) is 16.6. The molecule has 0 amide bonds. The predicted molar refractivity (Wildman–Crippen MR) is 87.5 cm³/mol. The minimum absolute atomic E-state index is 0.344. The second-order valence-electron chi connectivity index (χ2n) is 5.25. The van der Waals surface area contributed by atoms with Gasteiger partial charge in [-0.2, -0.15) is 0 Å². The lowest BCUT2D eigenvalue weighted by atomic mass is 10.0. The van der Waals surface area contributed by atoms with Crippen LogP contribution in [0.4, 0.5) is 4.39 Å². The standard InChI is InChI=1S/C18H18FN2O2/c1-11-10-12-8-9-15(22-2)18(23-3)16(12)17(21(11)20)13-6-4-5-7-14(13)19/h4-10H,20H2,1-3H3/q+1. The van der Waals surface area contributed by atoms with E-state index in [4.69, 9.17) is 15.3 Å². The van der Waals surface area contributed by atoms with Crippen molar-refractivity contribution in [1.82, 2.24) is 0 Å². The van der Waals surface area contributed by atoms with E-state index in [-0.39, 0.29) is 5.82 Å². The second-order valence-corrected chi connectivity index (χ2v) is 5.25. The molecule has 2 N–H and O–H groups in total. The number of fused-ring (bicyclic) bond motifs is 1. The molecular weight excluding hydrogens is 295 g/mol. The minimum Gasteiger partial charge on any atom is -0.493 e. The molecule has 0 saturated carbocycles. The van der Waals surface area contributed by atoms with Crippen molar-refractivity contribution < 1.29 is 18.5 Å². The van der Waals surface area contributed by atoms with Gasteiger partial charge in [0.05, 0.1) is 19.8 Å². The highest BCUT2D eigenvalue weighted by molar-refractivity contribution is 5.99. The van der Waals surface area contributed by atoms with E-state index in [1.165, 1.54) is 10.7 Å². The fourth-order valence-electron chi connectivity index (χ4n) is 2.82. The van der Waals surface area contributed by atoms with Gasteiger partial charge in [0.15, 0.2) is 11.5 Å². The van der Waals surface area contributed by atoms with Crippen molar-refractivity contribution in [3.05, 3.63) is 54.0 Å². The molecule has 1 aromatic heterocycles. The lowest BCUT2D eigenvalue weighted by molar-refractivity contribution is -0.632. The van der Waals surface area contributed by atoms with Gasteiger partial charge in [0.25, 0.3) is 5.69 Å². The molecule has 0 unspecified atom stereocenters. The molecule has 118 valence electrons. The van der Waals surface area contributed by atoms with Gasteiger partial charge in [-0.25, -0.2) is 10.2 Å². The van der Waals surface area contributed by atoms with Gasteiger partial charge in [-0.1, -0.05) is 16.8 Å². The number of aromatic nitrogens is 1. The van der Waals surface area contributed by atoms with Gasteiger partial charge in [-0.05, 0) is 29.7 Å². The van der Waals surface area contributed by atoms with Crippen LogP contribution < -0.4 is 20.0 Å². The molecule has 0 radical (unpaired) electrons. The number of methoxy groups -OCH3 is 2. The zero-order valence-corrected chi connectivity index (χ0v) is 13.3. The van der Waals surface area contributed by atoms with Crippen LogP contribution in [-0.2, 0) is 0 Å². The molecule has 0 aliphatic rings. The van der Waals surface area contributed by atoms with Crippen molar-refractivity contribution in [3.8, 4) is 22.8 Å². The molecule has 4 nitrogen and oxygen atoms in total. The third-order valence-electron chi connectivity index (χ3n) is 3.93. The topological polar surface area (TPSA) is 48.4 Å². The summed E-state index contributed by atoms with van der Waals surface area (Å²) in [7, 11) is 3.13. The second kappa shape index (κ2) is 5.76. The van der Waals surface area contributed by atoms with Crippen LogP contribution in [0.2, 0.25) is 0 Å². The normalized spacial score (nSPS) is 10.8. The molecule has 0 spiro atoms. The lowest BCUT2D eigenvalue weighted by Crippen LogP contribution is -2.49. The summed E-state index contributed by atoms with van der Waals surface area (Å²) in [6.45, 7) is 1.88. The van der Waals surface area contributed by atoms with Gasteiger partial charge in [0, 0.05) is 13.0 Å². The molecule has 0 aliphatic carbocycles. The zero-order valence-electron chi connectivity index (χ0n) is 13.3.